The standard InChI is InChI=1S/C76H108N8O17Si/c1-16-53-36-49(4)44-83(53)70(90)58-41-64(96-13)66(43-61(58)81-74(94)101-75(6,7)8)98-35-22-18-21-34-97-65-42-60(57(40-63(65)95-12)71(91)84-45-50(5)37-54(84)47-100-102(14,15)76(9,10)11)80-73(93)99-46-52-28-26-51(27-29-52)38-62(86)59(25-23-32-78-72(77)92)79-69(89)56(48(2)3)39-55(85)24-19-17-20-33-82-67(87)30-31-68(82)88/h26-31,40-43,48,53-54,56,59H,4-5,16-25,32-39,44-47H2,1-3,6-15H3,(H,79,89)(H,80,93)(H,81,94)(H3,77,78,92)/t53-,54+,56+,59+/m1/s1. The molecule has 558 valence electrons. The van der Waals surface area contributed by atoms with Crippen molar-refractivity contribution >= 4 is 79.0 Å². The summed E-state index contributed by atoms with van der Waals surface area (Å²) in [5.74, 6) is -2.18. The van der Waals surface area contributed by atoms with Crippen molar-refractivity contribution in [3.05, 3.63) is 107 Å². The maximum Gasteiger partial charge on any atom is 0.412 e. The van der Waals surface area contributed by atoms with Gasteiger partial charge in [0.2, 0.25) is 5.91 Å². The molecule has 2 saturated heterocycles. The van der Waals surface area contributed by atoms with Gasteiger partial charge in [0.25, 0.3) is 23.6 Å². The number of amides is 9. The summed E-state index contributed by atoms with van der Waals surface area (Å²) in [5, 5.41) is 10.9. The topological polar surface area (TPSA) is 319 Å². The number of hydrogen-bond donors (Lipinski definition) is 5. The number of carbonyl (C=O) groups is 10. The van der Waals surface area contributed by atoms with Crippen LogP contribution in [-0.2, 0) is 50.9 Å². The monoisotopic (exact) mass is 1430 g/mol. The van der Waals surface area contributed by atoms with Crippen LogP contribution in [0.25, 0.3) is 0 Å². The highest BCUT2D eigenvalue weighted by Gasteiger charge is 2.41. The van der Waals surface area contributed by atoms with Crippen molar-refractivity contribution in [2.24, 2.45) is 17.6 Å². The summed E-state index contributed by atoms with van der Waals surface area (Å²) in [6.45, 7) is 31.6. The van der Waals surface area contributed by atoms with Gasteiger partial charge in [-0.3, -0.25) is 49.1 Å². The number of hydrogen-bond acceptors (Lipinski definition) is 17. The third kappa shape index (κ3) is 24.3. The normalized spacial score (nSPS) is 16.0. The lowest BCUT2D eigenvalue weighted by Gasteiger charge is -2.38. The van der Waals surface area contributed by atoms with Crippen LogP contribution in [-0.4, -0.2) is 166 Å². The number of nitrogens with zero attached hydrogens (tertiary/aromatic N) is 3. The van der Waals surface area contributed by atoms with Gasteiger partial charge < -0.3 is 59.0 Å². The first-order valence-electron chi connectivity index (χ1n) is 35.3. The first-order chi connectivity index (χ1) is 48.1. The summed E-state index contributed by atoms with van der Waals surface area (Å²) in [5.41, 5.74) is 8.08. The minimum absolute atomic E-state index is 0.0407. The number of rotatable bonds is 38. The molecule has 3 heterocycles. The summed E-state index contributed by atoms with van der Waals surface area (Å²) in [6.07, 6.45) is 6.73. The quantitative estimate of drug-likeness (QED) is 0.0154. The van der Waals surface area contributed by atoms with Crippen LogP contribution in [0.15, 0.2) is 85.0 Å². The predicted molar refractivity (Wildman–Crippen MR) is 391 cm³/mol. The molecule has 26 heteroatoms. The van der Waals surface area contributed by atoms with Gasteiger partial charge in [-0.15, -0.1) is 0 Å². The molecule has 0 aliphatic carbocycles. The molecule has 3 aromatic carbocycles. The van der Waals surface area contributed by atoms with Crippen molar-refractivity contribution in [1.82, 2.24) is 25.3 Å². The molecule has 2 fully saturated rings. The maximum atomic E-state index is 14.9. The first-order valence-corrected chi connectivity index (χ1v) is 38.2. The van der Waals surface area contributed by atoms with Crippen molar-refractivity contribution < 1.29 is 80.8 Å². The number of anilines is 2. The number of primary amides is 1. The van der Waals surface area contributed by atoms with E-state index in [2.05, 4.69) is 68.3 Å². The van der Waals surface area contributed by atoms with Gasteiger partial charge >= 0.3 is 18.2 Å². The second-order valence-electron chi connectivity index (χ2n) is 29.3. The molecule has 9 amide bonds. The number of urea groups is 1. The summed E-state index contributed by atoms with van der Waals surface area (Å²) in [6, 6.07) is 10.9. The van der Waals surface area contributed by atoms with Crippen molar-refractivity contribution in [1.29, 1.82) is 0 Å². The fraction of sp³-hybridized carbons (Fsp3) is 0.553. The largest absolute Gasteiger partial charge is 0.493 e. The van der Waals surface area contributed by atoms with E-state index >= 15 is 0 Å². The second kappa shape index (κ2) is 37.8. The molecule has 0 aromatic heterocycles. The number of methoxy groups -OCH3 is 2. The molecular formula is C76H108N8O17Si. The fourth-order valence-electron chi connectivity index (χ4n) is 11.8. The van der Waals surface area contributed by atoms with Crippen LogP contribution in [0.5, 0.6) is 23.0 Å². The summed E-state index contributed by atoms with van der Waals surface area (Å²) in [4.78, 5) is 137. The van der Waals surface area contributed by atoms with E-state index in [0.717, 1.165) is 22.5 Å². The smallest absolute Gasteiger partial charge is 0.412 e. The summed E-state index contributed by atoms with van der Waals surface area (Å²) < 4.78 is 42.1. The van der Waals surface area contributed by atoms with Crippen LogP contribution >= 0.6 is 0 Å². The molecule has 3 aliphatic rings. The van der Waals surface area contributed by atoms with Gasteiger partial charge in [-0.2, -0.15) is 0 Å². The Bertz CT molecular complexity index is 3540. The maximum absolute atomic E-state index is 14.9. The fourth-order valence-corrected chi connectivity index (χ4v) is 12.9. The van der Waals surface area contributed by atoms with Crippen LogP contribution in [0.4, 0.5) is 25.8 Å². The zero-order valence-electron chi connectivity index (χ0n) is 62.0. The molecule has 6 N–H and O–H groups in total. The van der Waals surface area contributed by atoms with E-state index in [1.807, 2.05) is 20.8 Å². The highest BCUT2D eigenvalue weighted by Crippen LogP contribution is 2.41. The average molecular weight is 1430 g/mol. The van der Waals surface area contributed by atoms with Gasteiger partial charge in [-0.05, 0) is 132 Å². The predicted octanol–water partition coefficient (Wildman–Crippen LogP) is 12.2. The van der Waals surface area contributed by atoms with Gasteiger partial charge in [0.05, 0.1) is 68.6 Å². The number of carbonyl (C=O) groups excluding carboxylic acids is 10. The Kier molecular flexibility index (Phi) is 30.3. The van der Waals surface area contributed by atoms with Gasteiger partial charge in [-0.1, -0.05) is 96.5 Å². The van der Waals surface area contributed by atoms with Crippen LogP contribution in [0.3, 0.4) is 0 Å². The van der Waals surface area contributed by atoms with E-state index in [1.54, 1.807) is 67.0 Å². The molecule has 0 radical (unpaired) electrons. The minimum atomic E-state index is -2.23. The average Bonchev–Trinajstić information content (AvgIpc) is 1.11. The van der Waals surface area contributed by atoms with E-state index in [0.29, 0.717) is 93.6 Å². The van der Waals surface area contributed by atoms with Crippen molar-refractivity contribution in [3.8, 4) is 23.0 Å². The molecular weight excluding hydrogens is 1320 g/mol. The van der Waals surface area contributed by atoms with Crippen molar-refractivity contribution in [3.63, 3.8) is 0 Å². The van der Waals surface area contributed by atoms with Crippen LogP contribution in [0, 0.1) is 11.8 Å². The Morgan fingerprint density at radius 1 is 0.686 bits per heavy atom. The lowest BCUT2D eigenvalue weighted by molar-refractivity contribution is -0.137. The Morgan fingerprint density at radius 3 is 1.74 bits per heavy atom. The Balaban J connectivity index is 1.12. The Labute approximate surface area is 601 Å². The zero-order chi connectivity index (χ0) is 75.2. The number of imide groups is 1. The van der Waals surface area contributed by atoms with E-state index in [1.165, 1.54) is 38.5 Å². The highest BCUT2D eigenvalue weighted by atomic mass is 28.4. The van der Waals surface area contributed by atoms with Gasteiger partial charge in [-0.25, -0.2) is 14.4 Å². The molecule has 4 atom stereocenters. The third-order valence-electron chi connectivity index (χ3n) is 18.7. The Morgan fingerprint density at radius 2 is 1.22 bits per heavy atom. The number of likely N-dealkylation sites (tertiary alicyclic amines) is 2. The number of ether oxygens (including phenoxy) is 6. The number of nitrogens with one attached hydrogen (secondary N) is 4. The van der Waals surface area contributed by atoms with Crippen LogP contribution in [0.1, 0.15) is 178 Å². The molecule has 0 bridgehead atoms. The molecule has 0 saturated carbocycles. The van der Waals surface area contributed by atoms with Gasteiger partial charge in [0, 0.05) is 81.7 Å². The molecule has 25 nitrogen and oxygen atoms in total. The lowest BCUT2D eigenvalue weighted by atomic mass is 9.88. The van der Waals surface area contributed by atoms with Crippen molar-refractivity contribution in [2.75, 3.05) is 70.9 Å². The van der Waals surface area contributed by atoms with Gasteiger partial charge in [0.1, 0.15) is 18.0 Å². The first kappa shape index (κ1) is 81.9. The number of benzene rings is 3. The van der Waals surface area contributed by atoms with Crippen LogP contribution in [0.2, 0.25) is 18.1 Å². The second-order valence-corrected chi connectivity index (χ2v) is 34.1. The minimum Gasteiger partial charge on any atom is -0.493 e. The number of ketones is 2. The van der Waals surface area contributed by atoms with E-state index in [4.69, 9.17) is 38.6 Å². The molecule has 0 spiro atoms. The van der Waals surface area contributed by atoms with Gasteiger partial charge in [0.15, 0.2) is 37.1 Å². The molecule has 3 aromatic rings. The van der Waals surface area contributed by atoms with Crippen molar-refractivity contribution in [2.45, 2.75) is 201 Å². The number of nitrogens with two attached hydrogens (primary N) is 1. The summed E-state index contributed by atoms with van der Waals surface area (Å²) >= 11 is 0. The van der Waals surface area contributed by atoms with Crippen LogP contribution < -0.4 is 45.9 Å². The number of unbranched alkanes of at least 4 members (excludes halogenated alkanes) is 4. The SMILES string of the molecule is C=C1C[C@@H](CO[Si](C)(C)C(C)(C)C)N(C(=O)c2cc(OC)c(OCCCCCOc3cc(NC(=O)OC(C)(C)C)c(C(=O)N4CC(=C)C[C@H]4CC)cc3OC)cc2NC(=O)OCc2ccc(CC(=O)[C@H](CCCNC(N)=O)NC(=O)[C@@H](CC(=O)CCCCCN3C(=O)C=CC3=O)C(C)C)cc2)C1. The molecule has 6 rings (SSSR count). The van der Waals surface area contributed by atoms with E-state index in [-0.39, 0.29) is 151 Å². The van der Waals surface area contributed by atoms with E-state index in [9.17, 15) is 47.9 Å². The zero-order valence-corrected chi connectivity index (χ0v) is 63.0. The summed E-state index contributed by atoms with van der Waals surface area (Å²) in [7, 11) is 0.697. The molecule has 102 heavy (non-hydrogen) atoms. The molecule has 0 unspecified atom stereocenters. The number of Topliss-reactive ketones (excluding diaryl/α,β-unsaturated/α-hetero) is 2. The third-order valence-corrected chi connectivity index (χ3v) is 23.2. The highest BCUT2D eigenvalue weighted by molar-refractivity contribution is 6.74. The Hall–Kier alpha value is -9.04. The van der Waals surface area contributed by atoms with E-state index < -0.39 is 55.9 Å². The lowest BCUT2D eigenvalue weighted by Crippen LogP contribution is -2.46. The molecule has 3 aliphatic heterocycles.